The van der Waals surface area contributed by atoms with E-state index in [-0.39, 0.29) is 11.7 Å². The highest BCUT2D eigenvalue weighted by Crippen LogP contribution is 2.33. The highest BCUT2D eigenvalue weighted by Gasteiger charge is 2.20. The van der Waals surface area contributed by atoms with Gasteiger partial charge in [-0.3, -0.25) is 10.1 Å². The van der Waals surface area contributed by atoms with E-state index in [2.05, 4.69) is 10.3 Å². The summed E-state index contributed by atoms with van der Waals surface area (Å²) in [7, 11) is 2.98. The summed E-state index contributed by atoms with van der Waals surface area (Å²) < 4.78 is 23.6. The van der Waals surface area contributed by atoms with Gasteiger partial charge in [0.1, 0.15) is 22.9 Å². The van der Waals surface area contributed by atoms with Gasteiger partial charge in [-0.1, -0.05) is 6.07 Å². The van der Waals surface area contributed by atoms with E-state index in [1.165, 1.54) is 37.7 Å². The highest BCUT2D eigenvalue weighted by atomic mass is 32.1. The summed E-state index contributed by atoms with van der Waals surface area (Å²) in [5, 5.41) is 3.23. The number of halogens is 1. The van der Waals surface area contributed by atoms with Crippen molar-refractivity contribution in [3.63, 3.8) is 0 Å². The lowest BCUT2D eigenvalue weighted by molar-refractivity contribution is 0.102. The molecule has 0 fully saturated rings. The Morgan fingerprint density at radius 2 is 1.69 bits per heavy atom. The van der Waals surface area contributed by atoms with Crippen molar-refractivity contribution in [2.75, 3.05) is 19.5 Å². The smallest absolute Gasteiger partial charge is 0.265 e. The largest absolute Gasteiger partial charge is 0.496 e. The molecule has 0 radical (unpaired) electrons. The Balaban J connectivity index is 1.90. The maximum atomic E-state index is 13.1. The van der Waals surface area contributed by atoms with Gasteiger partial charge < -0.3 is 9.47 Å². The zero-order chi connectivity index (χ0) is 18.7. The fourth-order valence-corrected chi connectivity index (χ4v) is 3.39. The van der Waals surface area contributed by atoms with Gasteiger partial charge in [-0.05, 0) is 43.3 Å². The molecule has 0 atom stereocenters. The van der Waals surface area contributed by atoms with E-state index in [4.69, 9.17) is 9.47 Å². The number of nitrogens with one attached hydrogen (secondary N) is 1. The molecule has 26 heavy (non-hydrogen) atoms. The predicted octanol–water partition coefficient (Wildman–Crippen LogP) is 4.53. The van der Waals surface area contributed by atoms with E-state index in [9.17, 15) is 9.18 Å². The third-order valence-corrected chi connectivity index (χ3v) is 4.68. The van der Waals surface area contributed by atoms with Gasteiger partial charge in [-0.2, -0.15) is 0 Å². The van der Waals surface area contributed by atoms with Crippen LogP contribution in [-0.4, -0.2) is 25.1 Å². The van der Waals surface area contributed by atoms with Gasteiger partial charge in [0, 0.05) is 10.4 Å². The van der Waals surface area contributed by atoms with Crippen LogP contribution >= 0.6 is 11.3 Å². The number of anilines is 1. The average molecular weight is 372 g/mol. The zero-order valence-electron chi connectivity index (χ0n) is 14.5. The number of aromatic nitrogens is 1. The van der Waals surface area contributed by atoms with Crippen LogP contribution in [0.4, 0.5) is 9.52 Å². The highest BCUT2D eigenvalue weighted by molar-refractivity contribution is 7.16. The Kier molecular flexibility index (Phi) is 5.18. The lowest BCUT2D eigenvalue weighted by Crippen LogP contribution is -2.14. The lowest BCUT2D eigenvalue weighted by Gasteiger charge is -2.11. The molecule has 0 saturated carbocycles. The van der Waals surface area contributed by atoms with Crippen LogP contribution in [0.5, 0.6) is 11.5 Å². The van der Waals surface area contributed by atoms with Gasteiger partial charge in [-0.15, -0.1) is 11.3 Å². The number of benzene rings is 2. The first-order chi connectivity index (χ1) is 12.5. The van der Waals surface area contributed by atoms with Crippen LogP contribution in [0.1, 0.15) is 15.2 Å². The number of rotatable bonds is 5. The van der Waals surface area contributed by atoms with Crippen LogP contribution in [0.15, 0.2) is 42.5 Å². The summed E-state index contributed by atoms with van der Waals surface area (Å²) in [6.07, 6.45) is 0. The Hall–Kier alpha value is -2.93. The van der Waals surface area contributed by atoms with E-state index >= 15 is 0 Å². The Morgan fingerprint density at radius 3 is 2.27 bits per heavy atom. The van der Waals surface area contributed by atoms with E-state index in [0.717, 1.165) is 10.4 Å². The number of aryl methyl sites for hydroxylation is 1. The lowest BCUT2D eigenvalue weighted by atomic mass is 10.1. The van der Waals surface area contributed by atoms with Crippen molar-refractivity contribution >= 4 is 22.4 Å². The van der Waals surface area contributed by atoms with Crippen LogP contribution in [0, 0.1) is 12.7 Å². The molecule has 0 aliphatic carbocycles. The fraction of sp³-hybridized carbons (Fsp3) is 0.158. The van der Waals surface area contributed by atoms with Gasteiger partial charge >= 0.3 is 0 Å². The van der Waals surface area contributed by atoms with E-state index in [1.807, 2.05) is 6.92 Å². The Labute approximate surface area is 154 Å². The minimum atomic E-state index is -0.376. The van der Waals surface area contributed by atoms with E-state index < -0.39 is 0 Å². The number of hydrogen-bond donors (Lipinski definition) is 1. The third kappa shape index (κ3) is 3.52. The Morgan fingerprint density at radius 1 is 1.08 bits per heavy atom. The van der Waals surface area contributed by atoms with Crippen LogP contribution in [-0.2, 0) is 0 Å². The van der Waals surface area contributed by atoms with Gasteiger partial charge in [0.2, 0.25) is 0 Å². The standard InChI is InChI=1S/C19H17FN2O3S/c1-11-17(12-7-9-13(20)10-8-12)21-19(26-11)22-18(23)16-14(24-2)5-4-6-15(16)25-3/h4-10H,1-3H3,(H,21,22,23). The molecule has 1 N–H and O–H groups in total. The number of amides is 1. The summed E-state index contributed by atoms with van der Waals surface area (Å²) in [4.78, 5) is 18.1. The number of carbonyl (C=O) groups excluding carboxylic acids is 1. The fourth-order valence-electron chi connectivity index (χ4n) is 2.56. The number of methoxy groups -OCH3 is 2. The molecule has 3 rings (SSSR count). The van der Waals surface area contributed by atoms with Crippen LogP contribution in [0.25, 0.3) is 11.3 Å². The first-order valence-corrected chi connectivity index (χ1v) is 8.61. The van der Waals surface area contributed by atoms with E-state index in [1.54, 1.807) is 30.3 Å². The third-order valence-electron chi connectivity index (χ3n) is 3.79. The molecule has 134 valence electrons. The normalized spacial score (nSPS) is 10.5. The molecule has 0 bridgehead atoms. The van der Waals surface area contributed by atoms with Crippen molar-refractivity contribution in [2.24, 2.45) is 0 Å². The average Bonchev–Trinajstić information content (AvgIpc) is 3.01. The zero-order valence-corrected chi connectivity index (χ0v) is 15.3. The van der Waals surface area contributed by atoms with Crippen molar-refractivity contribution in [2.45, 2.75) is 6.92 Å². The van der Waals surface area contributed by atoms with Crippen molar-refractivity contribution in [1.29, 1.82) is 0 Å². The molecule has 0 aliphatic rings. The molecule has 0 saturated heterocycles. The second-order valence-electron chi connectivity index (χ2n) is 5.42. The molecule has 1 amide bonds. The second kappa shape index (κ2) is 7.53. The summed E-state index contributed by atoms with van der Waals surface area (Å²) in [6, 6.07) is 11.2. The number of nitrogens with zero attached hydrogens (tertiary/aromatic N) is 1. The van der Waals surface area contributed by atoms with Gasteiger partial charge in [0.05, 0.1) is 19.9 Å². The summed E-state index contributed by atoms with van der Waals surface area (Å²) in [5.74, 6) is 0.139. The number of hydrogen-bond acceptors (Lipinski definition) is 5. The molecule has 7 heteroatoms. The summed E-state index contributed by atoms with van der Waals surface area (Å²) >= 11 is 1.34. The van der Waals surface area contributed by atoms with Gasteiger partial charge in [0.15, 0.2) is 5.13 Å². The van der Waals surface area contributed by atoms with Crippen molar-refractivity contribution in [3.05, 3.63) is 58.7 Å². The van der Waals surface area contributed by atoms with Crippen LogP contribution < -0.4 is 14.8 Å². The quantitative estimate of drug-likeness (QED) is 0.715. The second-order valence-corrected chi connectivity index (χ2v) is 6.63. The molecular formula is C19H17FN2O3S. The summed E-state index contributed by atoms with van der Waals surface area (Å²) in [6.45, 7) is 1.90. The number of thiazole rings is 1. The van der Waals surface area contributed by atoms with Crippen LogP contribution in [0.3, 0.4) is 0 Å². The maximum Gasteiger partial charge on any atom is 0.265 e. The minimum absolute atomic E-state index is 0.300. The maximum absolute atomic E-state index is 13.1. The topological polar surface area (TPSA) is 60.5 Å². The number of ether oxygens (including phenoxy) is 2. The molecule has 0 aliphatic heterocycles. The molecule has 0 spiro atoms. The molecule has 5 nitrogen and oxygen atoms in total. The first-order valence-electron chi connectivity index (χ1n) is 7.79. The monoisotopic (exact) mass is 372 g/mol. The van der Waals surface area contributed by atoms with Gasteiger partial charge in [0.25, 0.3) is 5.91 Å². The molecule has 3 aromatic rings. The van der Waals surface area contributed by atoms with Crippen molar-refractivity contribution in [3.8, 4) is 22.8 Å². The van der Waals surface area contributed by atoms with Gasteiger partial charge in [-0.25, -0.2) is 9.37 Å². The van der Waals surface area contributed by atoms with Crippen LogP contribution in [0.2, 0.25) is 0 Å². The van der Waals surface area contributed by atoms with Crippen molar-refractivity contribution < 1.29 is 18.7 Å². The minimum Gasteiger partial charge on any atom is -0.496 e. The first kappa shape index (κ1) is 17.9. The predicted molar refractivity (Wildman–Crippen MR) is 99.7 cm³/mol. The molecule has 0 unspecified atom stereocenters. The van der Waals surface area contributed by atoms with Crippen molar-refractivity contribution in [1.82, 2.24) is 4.98 Å². The molecule has 1 heterocycles. The Bertz CT molecular complexity index is 916. The summed E-state index contributed by atoms with van der Waals surface area (Å²) in [5.41, 5.74) is 1.79. The molecule has 1 aromatic heterocycles. The molecular weight excluding hydrogens is 355 g/mol. The van der Waals surface area contributed by atoms with E-state index in [0.29, 0.717) is 27.9 Å². The number of carbonyl (C=O) groups is 1. The SMILES string of the molecule is COc1cccc(OC)c1C(=O)Nc1nc(-c2ccc(F)cc2)c(C)s1. The molecule has 2 aromatic carbocycles.